The van der Waals surface area contributed by atoms with Gasteiger partial charge < -0.3 is 5.32 Å². The van der Waals surface area contributed by atoms with Gasteiger partial charge in [0.2, 0.25) is 5.91 Å². The monoisotopic (exact) mass is 257 g/mol. The second-order valence-electron chi connectivity index (χ2n) is 4.17. The number of hydrogen-bond acceptors (Lipinski definition) is 1. The molecule has 0 heterocycles. The van der Waals surface area contributed by atoms with Gasteiger partial charge in [-0.3, -0.25) is 4.79 Å². The topological polar surface area (TPSA) is 29.1 Å². The van der Waals surface area contributed by atoms with Crippen molar-refractivity contribution in [2.24, 2.45) is 5.92 Å². The second kappa shape index (κ2) is 6.60. The van der Waals surface area contributed by atoms with Crippen molar-refractivity contribution < 1.29 is 9.18 Å². The summed E-state index contributed by atoms with van der Waals surface area (Å²) in [5, 5.41) is 2.81. The lowest BCUT2D eigenvalue weighted by atomic mass is 10.1. The number of halogens is 2. The van der Waals surface area contributed by atoms with E-state index in [1.165, 1.54) is 12.1 Å². The minimum absolute atomic E-state index is 0.0419. The predicted molar refractivity (Wildman–Crippen MR) is 67.7 cm³/mol. The molecule has 4 heteroatoms. The summed E-state index contributed by atoms with van der Waals surface area (Å²) in [5.41, 5.74) is 1.95. The lowest BCUT2D eigenvalue weighted by Gasteiger charge is -2.10. The van der Waals surface area contributed by atoms with Crippen LogP contribution in [-0.2, 0) is 11.2 Å². The maximum Gasteiger partial charge on any atom is 0.224 e. The fourth-order valence-electron chi connectivity index (χ4n) is 1.50. The zero-order chi connectivity index (χ0) is 12.8. The summed E-state index contributed by atoms with van der Waals surface area (Å²) in [6, 6.07) is 4.69. The first-order valence-electron chi connectivity index (χ1n) is 5.63. The fourth-order valence-corrected chi connectivity index (χ4v) is 1.64. The summed E-state index contributed by atoms with van der Waals surface area (Å²) in [6.45, 7) is 4.19. The van der Waals surface area contributed by atoms with Gasteiger partial charge >= 0.3 is 0 Å². The van der Waals surface area contributed by atoms with Crippen molar-refractivity contribution in [1.29, 1.82) is 0 Å². The summed E-state index contributed by atoms with van der Waals surface area (Å²) in [7, 11) is 0. The quantitative estimate of drug-likeness (QED) is 0.808. The maximum atomic E-state index is 12.9. The molecule has 0 aliphatic heterocycles. The molecule has 94 valence electrons. The molecule has 1 rings (SSSR count). The van der Waals surface area contributed by atoms with E-state index in [1.807, 2.05) is 6.92 Å². The zero-order valence-corrected chi connectivity index (χ0v) is 10.9. The lowest BCUT2D eigenvalue weighted by molar-refractivity contribution is -0.123. The molecular weight excluding hydrogens is 241 g/mol. The van der Waals surface area contributed by atoms with E-state index in [0.717, 1.165) is 11.1 Å². The first-order valence-corrected chi connectivity index (χ1v) is 6.16. The van der Waals surface area contributed by atoms with Crippen molar-refractivity contribution in [3.05, 3.63) is 35.1 Å². The highest BCUT2D eigenvalue weighted by molar-refractivity contribution is 6.19. The number of amides is 1. The molecule has 0 saturated heterocycles. The van der Waals surface area contributed by atoms with Gasteiger partial charge in [0.1, 0.15) is 5.82 Å². The van der Waals surface area contributed by atoms with Gasteiger partial charge in [0.25, 0.3) is 0 Å². The average molecular weight is 258 g/mol. The van der Waals surface area contributed by atoms with Gasteiger partial charge in [0, 0.05) is 18.3 Å². The summed E-state index contributed by atoms with van der Waals surface area (Å²) < 4.78 is 12.9. The third-order valence-corrected chi connectivity index (χ3v) is 3.14. The van der Waals surface area contributed by atoms with Crippen LogP contribution in [-0.4, -0.2) is 18.3 Å². The van der Waals surface area contributed by atoms with Crippen LogP contribution in [0.1, 0.15) is 18.1 Å². The summed E-state index contributed by atoms with van der Waals surface area (Å²) >= 11 is 5.58. The van der Waals surface area contributed by atoms with Crippen LogP contribution in [0, 0.1) is 18.7 Å². The van der Waals surface area contributed by atoms with E-state index in [-0.39, 0.29) is 17.6 Å². The van der Waals surface area contributed by atoms with Crippen LogP contribution in [0.2, 0.25) is 0 Å². The van der Waals surface area contributed by atoms with E-state index in [9.17, 15) is 9.18 Å². The largest absolute Gasteiger partial charge is 0.356 e. The third kappa shape index (κ3) is 4.35. The summed E-state index contributed by atoms with van der Waals surface area (Å²) in [6.07, 6.45) is 0.701. The Morgan fingerprint density at radius 2 is 2.24 bits per heavy atom. The normalized spacial score (nSPS) is 12.2. The average Bonchev–Trinajstić information content (AvgIpc) is 2.30. The van der Waals surface area contributed by atoms with E-state index in [4.69, 9.17) is 11.6 Å². The first-order chi connectivity index (χ1) is 8.04. The predicted octanol–water partition coefficient (Wildman–Crippen LogP) is 2.67. The van der Waals surface area contributed by atoms with Crippen LogP contribution in [0.15, 0.2) is 18.2 Å². The van der Waals surface area contributed by atoms with E-state index in [2.05, 4.69) is 5.32 Å². The number of carbonyl (C=O) groups excluding carboxylic acids is 1. The molecule has 17 heavy (non-hydrogen) atoms. The van der Waals surface area contributed by atoms with Crippen molar-refractivity contribution in [3.63, 3.8) is 0 Å². The van der Waals surface area contributed by atoms with Crippen LogP contribution in [0.4, 0.5) is 4.39 Å². The van der Waals surface area contributed by atoms with E-state index < -0.39 is 0 Å². The molecule has 0 radical (unpaired) electrons. The Balaban J connectivity index is 2.43. The van der Waals surface area contributed by atoms with Crippen molar-refractivity contribution in [2.45, 2.75) is 20.3 Å². The Bertz CT molecular complexity index is 395. The minimum atomic E-state index is -0.231. The van der Waals surface area contributed by atoms with Gasteiger partial charge in [-0.1, -0.05) is 13.0 Å². The number of nitrogens with one attached hydrogen (secondary N) is 1. The molecule has 0 saturated carbocycles. The molecular formula is C13H17ClFNO. The van der Waals surface area contributed by atoms with Crippen molar-refractivity contribution in [3.8, 4) is 0 Å². The van der Waals surface area contributed by atoms with Crippen LogP contribution >= 0.6 is 11.6 Å². The molecule has 2 nitrogen and oxygen atoms in total. The van der Waals surface area contributed by atoms with Gasteiger partial charge in [-0.2, -0.15) is 0 Å². The van der Waals surface area contributed by atoms with E-state index in [1.54, 1.807) is 13.0 Å². The minimum Gasteiger partial charge on any atom is -0.356 e. The van der Waals surface area contributed by atoms with Gasteiger partial charge in [0.05, 0.1) is 0 Å². The van der Waals surface area contributed by atoms with Crippen LogP contribution < -0.4 is 5.32 Å². The number of benzene rings is 1. The zero-order valence-electron chi connectivity index (χ0n) is 10.1. The van der Waals surface area contributed by atoms with Crippen LogP contribution in [0.25, 0.3) is 0 Å². The molecule has 1 aromatic carbocycles. The molecule has 0 aliphatic carbocycles. The third-order valence-electron chi connectivity index (χ3n) is 2.68. The second-order valence-corrected chi connectivity index (χ2v) is 4.48. The molecule has 0 fully saturated rings. The highest BCUT2D eigenvalue weighted by atomic mass is 35.5. The fraction of sp³-hybridized carbons (Fsp3) is 0.462. The van der Waals surface area contributed by atoms with Crippen molar-refractivity contribution >= 4 is 17.5 Å². The molecule has 0 spiro atoms. The van der Waals surface area contributed by atoms with Gasteiger partial charge in [0.15, 0.2) is 0 Å². The molecule has 1 atom stereocenters. The molecule has 1 unspecified atom stereocenters. The smallest absolute Gasteiger partial charge is 0.224 e. The van der Waals surface area contributed by atoms with E-state index in [0.29, 0.717) is 18.8 Å². The Morgan fingerprint density at radius 1 is 1.53 bits per heavy atom. The summed E-state index contributed by atoms with van der Waals surface area (Å²) in [5.74, 6) is -0.127. The van der Waals surface area contributed by atoms with Crippen molar-refractivity contribution in [2.75, 3.05) is 12.4 Å². The first kappa shape index (κ1) is 14.0. The van der Waals surface area contributed by atoms with Crippen molar-refractivity contribution in [1.82, 2.24) is 5.32 Å². The molecule has 0 aromatic heterocycles. The number of carbonyl (C=O) groups is 1. The number of hydrogen-bond donors (Lipinski definition) is 1. The standard InChI is InChI=1S/C13H17ClFNO/c1-9-7-12(15)4-3-11(9)5-6-16-13(17)10(2)8-14/h3-4,7,10H,5-6,8H2,1-2H3,(H,16,17). The number of aryl methyl sites for hydroxylation is 1. The Hall–Kier alpha value is -1.09. The van der Waals surface area contributed by atoms with Gasteiger partial charge in [-0.15, -0.1) is 11.6 Å². The van der Waals surface area contributed by atoms with Gasteiger partial charge in [-0.05, 0) is 36.6 Å². The van der Waals surface area contributed by atoms with Crippen LogP contribution in [0.5, 0.6) is 0 Å². The van der Waals surface area contributed by atoms with Crippen LogP contribution in [0.3, 0.4) is 0 Å². The molecule has 0 bridgehead atoms. The molecule has 0 aliphatic rings. The summed E-state index contributed by atoms with van der Waals surface area (Å²) in [4.78, 5) is 11.4. The highest BCUT2D eigenvalue weighted by Gasteiger charge is 2.10. The lowest BCUT2D eigenvalue weighted by Crippen LogP contribution is -2.31. The SMILES string of the molecule is Cc1cc(F)ccc1CCNC(=O)C(C)CCl. The molecule has 1 N–H and O–H groups in total. The highest BCUT2D eigenvalue weighted by Crippen LogP contribution is 2.10. The molecule has 1 amide bonds. The maximum absolute atomic E-state index is 12.9. The number of alkyl halides is 1. The van der Waals surface area contributed by atoms with E-state index >= 15 is 0 Å². The van der Waals surface area contributed by atoms with Gasteiger partial charge in [-0.25, -0.2) is 4.39 Å². The Morgan fingerprint density at radius 3 is 2.82 bits per heavy atom. The number of rotatable bonds is 5. The Kier molecular flexibility index (Phi) is 5.42. The Labute approximate surface area is 106 Å². The molecule has 1 aromatic rings.